The minimum Gasteiger partial charge on any atom is -0.323 e. The van der Waals surface area contributed by atoms with Crippen LogP contribution in [0.5, 0.6) is 0 Å². The van der Waals surface area contributed by atoms with E-state index in [0.717, 1.165) is 12.0 Å². The molecule has 13 heavy (non-hydrogen) atoms. The van der Waals surface area contributed by atoms with Gasteiger partial charge in [0.2, 0.25) is 0 Å². The van der Waals surface area contributed by atoms with Crippen molar-refractivity contribution in [2.45, 2.75) is 26.2 Å². The molecule has 1 aromatic rings. The second-order valence-electron chi connectivity index (χ2n) is 3.12. The molecule has 0 bridgehead atoms. The Morgan fingerprint density at radius 3 is 2.54 bits per heavy atom. The maximum Gasteiger partial charge on any atom is 0.0538 e. The Morgan fingerprint density at radius 1 is 1.31 bits per heavy atom. The largest absolute Gasteiger partial charge is 0.323 e. The molecule has 1 aromatic carbocycles. The van der Waals surface area contributed by atoms with Crippen molar-refractivity contribution in [3.05, 3.63) is 35.4 Å². The fourth-order valence-electron chi connectivity index (χ4n) is 1.24. The Morgan fingerprint density at radius 2 is 2.00 bits per heavy atom. The van der Waals surface area contributed by atoms with Gasteiger partial charge < -0.3 is 5.84 Å². The molecule has 0 spiro atoms. The highest BCUT2D eigenvalue weighted by molar-refractivity contribution is 5.79. The lowest BCUT2D eigenvalue weighted by molar-refractivity contribution is 0.795. The summed E-state index contributed by atoms with van der Waals surface area (Å²) in [7, 11) is 0. The van der Waals surface area contributed by atoms with Gasteiger partial charge in [-0.1, -0.05) is 37.6 Å². The molecule has 2 N–H and O–H groups in total. The van der Waals surface area contributed by atoms with Crippen molar-refractivity contribution in [1.29, 1.82) is 0 Å². The maximum absolute atomic E-state index is 5.05. The van der Waals surface area contributed by atoms with Crippen molar-refractivity contribution in [3.63, 3.8) is 0 Å². The van der Waals surface area contributed by atoms with Gasteiger partial charge in [0.15, 0.2) is 0 Å². The monoisotopic (exact) mass is 176 g/mol. The van der Waals surface area contributed by atoms with Crippen LogP contribution >= 0.6 is 0 Å². The first-order valence-corrected chi connectivity index (χ1v) is 4.69. The van der Waals surface area contributed by atoms with E-state index in [4.69, 9.17) is 5.84 Å². The summed E-state index contributed by atoms with van der Waals surface area (Å²) in [4.78, 5) is 0. The van der Waals surface area contributed by atoms with E-state index in [1.807, 2.05) is 12.1 Å². The Balaban J connectivity index is 2.58. The zero-order valence-corrected chi connectivity index (χ0v) is 8.03. The number of rotatable bonds is 4. The summed E-state index contributed by atoms with van der Waals surface area (Å²) in [6, 6.07) is 8.35. The molecular weight excluding hydrogens is 160 g/mol. The molecule has 0 unspecified atom stereocenters. The molecule has 70 valence electrons. The maximum atomic E-state index is 5.05. The second-order valence-corrected chi connectivity index (χ2v) is 3.12. The van der Waals surface area contributed by atoms with E-state index < -0.39 is 0 Å². The summed E-state index contributed by atoms with van der Waals surface area (Å²) in [6.07, 6.45) is 5.32. The van der Waals surface area contributed by atoms with Crippen LogP contribution in [0.3, 0.4) is 0 Å². The molecule has 0 fully saturated rings. The highest BCUT2D eigenvalue weighted by atomic mass is 15.1. The van der Waals surface area contributed by atoms with Gasteiger partial charge in [-0.15, -0.1) is 0 Å². The van der Waals surface area contributed by atoms with Crippen LogP contribution in [0.4, 0.5) is 0 Å². The molecule has 0 aliphatic rings. The van der Waals surface area contributed by atoms with Gasteiger partial charge in [0.25, 0.3) is 0 Å². The Bertz CT molecular complexity index is 262. The number of nitrogens with zero attached hydrogens (tertiary/aromatic N) is 1. The molecule has 0 heterocycles. The van der Waals surface area contributed by atoms with Gasteiger partial charge >= 0.3 is 0 Å². The molecule has 0 aromatic heterocycles. The predicted octanol–water partition coefficient (Wildman–Crippen LogP) is 2.32. The van der Waals surface area contributed by atoms with E-state index in [9.17, 15) is 0 Å². The van der Waals surface area contributed by atoms with Crippen LogP contribution in [0.2, 0.25) is 0 Å². The quantitative estimate of drug-likeness (QED) is 0.427. The smallest absolute Gasteiger partial charge is 0.0538 e. The van der Waals surface area contributed by atoms with E-state index in [1.165, 1.54) is 18.4 Å². The Labute approximate surface area is 79.5 Å². The average Bonchev–Trinajstić information content (AvgIpc) is 2.17. The summed E-state index contributed by atoms with van der Waals surface area (Å²) in [5, 5.41) is 3.47. The number of nitrogens with two attached hydrogens (primary N) is 1. The fraction of sp³-hybridized carbons (Fsp3) is 0.364. The van der Waals surface area contributed by atoms with Crippen LogP contribution < -0.4 is 5.84 Å². The number of hydrogen-bond acceptors (Lipinski definition) is 2. The summed E-state index contributed by atoms with van der Waals surface area (Å²) < 4.78 is 0. The molecule has 1 rings (SSSR count). The Hall–Kier alpha value is -1.31. The molecule has 2 heteroatoms. The predicted molar refractivity (Wildman–Crippen MR) is 56.8 cm³/mol. The first-order valence-electron chi connectivity index (χ1n) is 4.69. The molecule has 0 atom stereocenters. The SMILES string of the molecule is CCCCc1ccc(C=NN)cc1. The van der Waals surface area contributed by atoms with Crippen LogP contribution in [-0.4, -0.2) is 6.21 Å². The summed E-state index contributed by atoms with van der Waals surface area (Å²) in [5.74, 6) is 5.05. The number of hydrazone groups is 1. The third-order valence-corrected chi connectivity index (χ3v) is 2.02. The highest BCUT2D eigenvalue weighted by Gasteiger charge is 1.91. The lowest BCUT2D eigenvalue weighted by Crippen LogP contribution is -1.88. The van der Waals surface area contributed by atoms with Crippen LogP contribution in [0.15, 0.2) is 29.4 Å². The van der Waals surface area contributed by atoms with E-state index in [-0.39, 0.29) is 0 Å². The minimum absolute atomic E-state index is 1.06. The molecule has 0 amide bonds. The number of unbranched alkanes of at least 4 members (excludes halogenated alkanes) is 1. The topological polar surface area (TPSA) is 38.4 Å². The average molecular weight is 176 g/mol. The lowest BCUT2D eigenvalue weighted by atomic mass is 10.1. The molecular formula is C11H16N2. The highest BCUT2D eigenvalue weighted by Crippen LogP contribution is 2.06. The van der Waals surface area contributed by atoms with E-state index in [0.29, 0.717) is 0 Å². The zero-order valence-electron chi connectivity index (χ0n) is 8.03. The van der Waals surface area contributed by atoms with Gasteiger partial charge in [0, 0.05) is 0 Å². The first kappa shape index (κ1) is 9.78. The van der Waals surface area contributed by atoms with Crippen molar-refractivity contribution in [2.24, 2.45) is 10.9 Å². The molecule has 2 nitrogen and oxygen atoms in total. The fourth-order valence-corrected chi connectivity index (χ4v) is 1.24. The minimum atomic E-state index is 1.06. The molecule has 0 radical (unpaired) electrons. The number of aryl methyl sites for hydroxylation is 1. The van der Waals surface area contributed by atoms with Crippen molar-refractivity contribution in [2.75, 3.05) is 0 Å². The van der Waals surface area contributed by atoms with Gasteiger partial charge in [-0.05, 0) is 24.0 Å². The summed E-state index contributed by atoms with van der Waals surface area (Å²) >= 11 is 0. The molecule has 0 saturated heterocycles. The zero-order chi connectivity index (χ0) is 9.52. The number of hydrogen-bond donors (Lipinski definition) is 1. The van der Waals surface area contributed by atoms with E-state index in [2.05, 4.69) is 24.2 Å². The molecule has 0 aliphatic heterocycles. The standard InChI is InChI=1S/C11H16N2/c1-2-3-4-10-5-7-11(8-6-10)9-13-12/h5-9H,2-4,12H2,1H3. The van der Waals surface area contributed by atoms with E-state index >= 15 is 0 Å². The van der Waals surface area contributed by atoms with Crippen LogP contribution in [0.25, 0.3) is 0 Å². The van der Waals surface area contributed by atoms with E-state index in [1.54, 1.807) is 6.21 Å². The second kappa shape index (κ2) is 5.36. The van der Waals surface area contributed by atoms with Gasteiger partial charge in [-0.25, -0.2) is 0 Å². The first-order chi connectivity index (χ1) is 6.36. The normalized spacial score (nSPS) is 10.8. The van der Waals surface area contributed by atoms with Crippen molar-refractivity contribution in [3.8, 4) is 0 Å². The van der Waals surface area contributed by atoms with Gasteiger partial charge in [0.05, 0.1) is 6.21 Å². The van der Waals surface area contributed by atoms with Gasteiger partial charge in [0.1, 0.15) is 0 Å². The molecule has 0 aliphatic carbocycles. The van der Waals surface area contributed by atoms with Crippen molar-refractivity contribution < 1.29 is 0 Å². The van der Waals surface area contributed by atoms with Crippen LogP contribution in [-0.2, 0) is 6.42 Å². The van der Waals surface area contributed by atoms with Crippen LogP contribution in [0, 0.1) is 0 Å². The van der Waals surface area contributed by atoms with Crippen molar-refractivity contribution >= 4 is 6.21 Å². The number of benzene rings is 1. The summed E-state index contributed by atoms with van der Waals surface area (Å²) in [6.45, 7) is 2.20. The lowest BCUT2D eigenvalue weighted by Gasteiger charge is -1.99. The third kappa shape index (κ3) is 3.28. The van der Waals surface area contributed by atoms with Gasteiger partial charge in [-0.2, -0.15) is 5.10 Å². The third-order valence-electron chi connectivity index (χ3n) is 2.02. The van der Waals surface area contributed by atoms with Crippen LogP contribution in [0.1, 0.15) is 30.9 Å². The summed E-state index contributed by atoms with van der Waals surface area (Å²) in [5.41, 5.74) is 2.44. The Kier molecular flexibility index (Phi) is 4.03. The van der Waals surface area contributed by atoms with Crippen molar-refractivity contribution in [1.82, 2.24) is 0 Å². The van der Waals surface area contributed by atoms with Gasteiger partial charge in [-0.3, -0.25) is 0 Å². The molecule has 0 saturated carbocycles.